The van der Waals surface area contributed by atoms with E-state index in [0.29, 0.717) is 12.0 Å². The maximum atomic E-state index is 12.0. The summed E-state index contributed by atoms with van der Waals surface area (Å²) in [6, 6.07) is 15.6. The first-order valence-electron chi connectivity index (χ1n) is 7.35. The van der Waals surface area contributed by atoms with Crippen molar-refractivity contribution in [3.05, 3.63) is 65.7 Å². The van der Waals surface area contributed by atoms with Crippen LogP contribution >= 0.6 is 0 Å². The lowest BCUT2D eigenvalue weighted by molar-refractivity contribution is 0.0979. The van der Waals surface area contributed by atoms with Crippen molar-refractivity contribution in [2.75, 3.05) is 6.54 Å². The molecule has 116 valence electrons. The minimum absolute atomic E-state index is 0.00327. The highest BCUT2D eigenvalue weighted by atomic mass is 16.3. The third-order valence-electron chi connectivity index (χ3n) is 3.56. The number of aliphatic hydroxyl groups is 1. The van der Waals surface area contributed by atoms with Crippen molar-refractivity contribution >= 4 is 5.78 Å². The number of phenolic OH excluding ortho intramolecular Hbond substituents is 1. The minimum Gasteiger partial charge on any atom is -0.508 e. The number of aliphatic hydroxyl groups excluding tert-OH is 1. The van der Waals surface area contributed by atoms with Gasteiger partial charge >= 0.3 is 0 Å². The average Bonchev–Trinajstić information content (AvgIpc) is 2.54. The fourth-order valence-electron chi connectivity index (χ4n) is 2.24. The van der Waals surface area contributed by atoms with Gasteiger partial charge in [0.25, 0.3) is 0 Å². The first-order chi connectivity index (χ1) is 10.6. The summed E-state index contributed by atoms with van der Waals surface area (Å²) in [6.07, 6.45) is -0.137. The number of ketones is 1. The third-order valence-corrected chi connectivity index (χ3v) is 3.56. The van der Waals surface area contributed by atoms with E-state index < -0.39 is 6.10 Å². The van der Waals surface area contributed by atoms with Gasteiger partial charge in [0, 0.05) is 11.6 Å². The summed E-state index contributed by atoms with van der Waals surface area (Å²) in [6.45, 7) is 2.18. The molecule has 0 aliphatic heterocycles. The Morgan fingerprint density at radius 1 is 1.09 bits per heavy atom. The quantitative estimate of drug-likeness (QED) is 0.688. The van der Waals surface area contributed by atoms with Crippen LogP contribution < -0.4 is 5.32 Å². The standard InChI is InChI=1S/C18H21NO3/c1-13(11-17(21)15-7-9-16(20)10-8-15)19-12-18(22)14-5-3-2-4-6-14/h2-10,13,17,19-21H,11-12H2,1H3. The monoisotopic (exact) mass is 299 g/mol. The van der Waals surface area contributed by atoms with Crippen LogP contribution in [0.2, 0.25) is 0 Å². The molecule has 2 aromatic carbocycles. The maximum absolute atomic E-state index is 12.0. The molecule has 0 bridgehead atoms. The smallest absolute Gasteiger partial charge is 0.176 e. The van der Waals surface area contributed by atoms with E-state index >= 15 is 0 Å². The number of phenols is 1. The highest BCUT2D eigenvalue weighted by Crippen LogP contribution is 2.20. The predicted molar refractivity (Wildman–Crippen MR) is 85.9 cm³/mol. The fraction of sp³-hybridized carbons (Fsp3) is 0.278. The molecule has 2 unspecified atom stereocenters. The van der Waals surface area contributed by atoms with Gasteiger partial charge in [-0.2, -0.15) is 0 Å². The van der Waals surface area contributed by atoms with E-state index in [1.54, 1.807) is 36.4 Å². The van der Waals surface area contributed by atoms with E-state index in [1.807, 2.05) is 25.1 Å². The first kappa shape index (κ1) is 16.2. The van der Waals surface area contributed by atoms with Crippen molar-refractivity contribution in [3.8, 4) is 5.75 Å². The van der Waals surface area contributed by atoms with Gasteiger partial charge in [0.05, 0.1) is 12.6 Å². The zero-order valence-corrected chi connectivity index (χ0v) is 12.6. The Morgan fingerprint density at radius 2 is 1.73 bits per heavy atom. The van der Waals surface area contributed by atoms with Crippen LogP contribution in [-0.2, 0) is 0 Å². The molecule has 0 aromatic heterocycles. The summed E-state index contributed by atoms with van der Waals surface area (Å²) in [5.74, 6) is 0.210. The molecule has 2 aromatic rings. The van der Waals surface area contributed by atoms with Crippen molar-refractivity contribution in [1.29, 1.82) is 0 Å². The van der Waals surface area contributed by atoms with Crippen LogP contribution in [0.25, 0.3) is 0 Å². The van der Waals surface area contributed by atoms with Crippen molar-refractivity contribution in [2.24, 2.45) is 0 Å². The first-order valence-corrected chi connectivity index (χ1v) is 7.35. The Hall–Kier alpha value is -2.17. The lowest BCUT2D eigenvalue weighted by Crippen LogP contribution is -2.32. The topological polar surface area (TPSA) is 69.6 Å². The SMILES string of the molecule is CC(CC(O)c1ccc(O)cc1)NCC(=O)c1ccccc1. The van der Waals surface area contributed by atoms with Gasteiger partial charge in [-0.25, -0.2) is 0 Å². The Labute approximate surface area is 130 Å². The number of aromatic hydroxyl groups is 1. The van der Waals surface area contributed by atoms with Crippen molar-refractivity contribution in [3.63, 3.8) is 0 Å². The van der Waals surface area contributed by atoms with Crippen LogP contribution in [0.5, 0.6) is 5.75 Å². The number of benzene rings is 2. The third kappa shape index (κ3) is 4.69. The molecule has 0 spiro atoms. The van der Waals surface area contributed by atoms with Crippen LogP contribution in [0.1, 0.15) is 35.4 Å². The number of nitrogens with one attached hydrogen (secondary N) is 1. The predicted octanol–water partition coefficient (Wildman–Crippen LogP) is 2.68. The van der Waals surface area contributed by atoms with E-state index in [4.69, 9.17) is 0 Å². The van der Waals surface area contributed by atoms with E-state index in [0.717, 1.165) is 5.56 Å². The van der Waals surface area contributed by atoms with Crippen molar-refractivity contribution < 1.29 is 15.0 Å². The molecular weight excluding hydrogens is 278 g/mol. The summed E-state index contributed by atoms with van der Waals surface area (Å²) in [5, 5.41) is 22.5. The van der Waals surface area contributed by atoms with Crippen molar-refractivity contribution in [2.45, 2.75) is 25.5 Å². The zero-order valence-electron chi connectivity index (χ0n) is 12.6. The molecule has 0 amide bonds. The van der Waals surface area contributed by atoms with Crippen LogP contribution in [-0.4, -0.2) is 28.6 Å². The molecule has 2 rings (SSSR count). The normalized spacial score (nSPS) is 13.5. The number of Topliss-reactive ketones (excluding diaryl/α,β-unsaturated/α-hetero) is 1. The van der Waals surface area contributed by atoms with E-state index in [2.05, 4.69) is 5.32 Å². The summed E-state index contributed by atoms with van der Waals surface area (Å²) < 4.78 is 0. The van der Waals surface area contributed by atoms with Crippen LogP contribution in [0.4, 0.5) is 0 Å². The second-order valence-corrected chi connectivity index (χ2v) is 5.41. The molecule has 2 atom stereocenters. The molecule has 0 saturated carbocycles. The lowest BCUT2D eigenvalue weighted by Gasteiger charge is -2.18. The van der Waals surface area contributed by atoms with Crippen LogP contribution in [0.15, 0.2) is 54.6 Å². The Kier molecular flexibility index (Phi) is 5.69. The van der Waals surface area contributed by atoms with E-state index in [-0.39, 0.29) is 24.1 Å². The van der Waals surface area contributed by atoms with Crippen LogP contribution in [0.3, 0.4) is 0 Å². The van der Waals surface area contributed by atoms with Gasteiger partial charge in [0.15, 0.2) is 5.78 Å². The second kappa shape index (κ2) is 7.73. The molecule has 0 heterocycles. The molecule has 4 nitrogen and oxygen atoms in total. The van der Waals surface area contributed by atoms with Crippen LogP contribution in [0, 0.1) is 0 Å². The molecule has 0 saturated heterocycles. The number of carbonyl (C=O) groups is 1. The number of hydrogen-bond acceptors (Lipinski definition) is 4. The molecular formula is C18H21NO3. The lowest BCUT2D eigenvalue weighted by atomic mass is 10.0. The van der Waals surface area contributed by atoms with Gasteiger partial charge in [0.1, 0.15) is 5.75 Å². The van der Waals surface area contributed by atoms with E-state index in [1.165, 1.54) is 0 Å². The van der Waals surface area contributed by atoms with Gasteiger partial charge in [0.2, 0.25) is 0 Å². The Morgan fingerprint density at radius 3 is 2.36 bits per heavy atom. The average molecular weight is 299 g/mol. The summed E-state index contributed by atoms with van der Waals surface area (Å²) in [5.41, 5.74) is 1.43. The van der Waals surface area contributed by atoms with Crippen molar-refractivity contribution in [1.82, 2.24) is 5.32 Å². The van der Waals surface area contributed by atoms with Gasteiger partial charge in [-0.15, -0.1) is 0 Å². The zero-order chi connectivity index (χ0) is 15.9. The summed E-state index contributed by atoms with van der Waals surface area (Å²) in [4.78, 5) is 12.0. The highest BCUT2D eigenvalue weighted by molar-refractivity contribution is 5.97. The van der Waals surface area contributed by atoms with Gasteiger partial charge in [-0.1, -0.05) is 42.5 Å². The highest BCUT2D eigenvalue weighted by Gasteiger charge is 2.13. The molecule has 0 aliphatic carbocycles. The number of rotatable bonds is 7. The number of carbonyl (C=O) groups excluding carboxylic acids is 1. The summed E-state index contributed by atoms with van der Waals surface area (Å²) in [7, 11) is 0. The minimum atomic E-state index is -0.630. The number of hydrogen-bond donors (Lipinski definition) is 3. The Bertz CT molecular complexity index is 595. The Balaban J connectivity index is 1.81. The molecule has 0 aliphatic rings. The second-order valence-electron chi connectivity index (χ2n) is 5.41. The molecule has 4 heteroatoms. The molecule has 0 fully saturated rings. The molecule has 3 N–H and O–H groups in total. The largest absolute Gasteiger partial charge is 0.508 e. The van der Waals surface area contributed by atoms with E-state index in [9.17, 15) is 15.0 Å². The summed E-state index contributed by atoms with van der Waals surface area (Å²) >= 11 is 0. The van der Waals surface area contributed by atoms with Gasteiger partial charge < -0.3 is 15.5 Å². The fourth-order valence-corrected chi connectivity index (χ4v) is 2.24. The molecule has 22 heavy (non-hydrogen) atoms. The van der Waals surface area contributed by atoms with Gasteiger partial charge in [-0.3, -0.25) is 4.79 Å². The van der Waals surface area contributed by atoms with Gasteiger partial charge in [-0.05, 0) is 31.0 Å². The molecule has 0 radical (unpaired) electrons. The maximum Gasteiger partial charge on any atom is 0.176 e.